The molecular formula is C18H24Cl3N3OS. The van der Waals surface area contributed by atoms with Gasteiger partial charge in [0, 0.05) is 29.2 Å². The molecule has 2 N–H and O–H groups in total. The maximum atomic E-state index is 13.1. The second-order valence-corrected chi connectivity index (χ2v) is 7.80. The van der Waals surface area contributed by atoms with E-state index in [0.29, 0.717) is 9.90 Å². The van der Waals surface area contributed by atoms with Crippen LogP contribution in [0.4, 0.5) is 0 Å². The van der Waals surface area contributed by atoms with E-state index in [1.807, 2.05) is 43.0 Å². The highest BCUT2D eigenvalue weighted by Crippen LogP contribution is 2.31. The lowest BCUT2D eigenvalue weighted by Gasteiger charge is -2.37. The van der Waals surface area contributed by atoms with Crippen molar-refractivity contribution in [3.63, 3.8) is 0 Å². The van der Waals surface area contributed by atoms with E-state index in [1.165, 1.54) is 11.3 Å². The minimum Gasteiger partial charge on any atom is -0.333 e. The van der Waals surface area contributed by atoms with Gasteiger partial charge in [-0.3, -0.25) is 4.79 Å². The molecule has 8 heteroatoms. The molecule has 1 aliphatic heterocycles. The Morgan fingerprint density at radius 1 is 1.31 bits per heavy atom. The summed E-state index contributed by atoms with van der Waals surface area (Å²) < 4.78 is 0. The average Bonchev–Trinajstić information content (AvgIpc) is 2.96. The topological polar surface area (TPSA) is 59.2 Å². The van der Waals surface area contributed by atoms with Gasteiger partial charge in [-0.15, -0.1) is 36.2 Å². The van der Waals surface area contributed by atoms with Crippen molar-refractivity contribution in [1.29, 1.82) is 0 Å². The van der Waals surface area contributed by atoms with Gasteiger partial charge in [0.2, 0.25) is 0 Å². The van der Waals surface area contributed by atoms with Crippen LogP contribution in [0.25, 0.3) is 10.6 Å². The molecule has 0 aliphatic carbocycles. The first-order chi connectivity index (χ1) is 11.5. The van der Waals surface area contributed by atoms with Gasteiger partial charge in [-0.25, -0.2) is 4.98 Å². The number of carbonyl (C=O) groups excluding carboxylic acids is 1. The number of rotatable bonds is 3. The molecule has 1 fully saturated rings. The molecule has 0 spiro atoms. The molecule has 0 radical (unpaired) electrons. The Morgan fingerprint density at radius 3 is 2.58 bits per heavy atom. The normalized spacial score (nSPS) is 17.8. The fourth-order valence-corrected chi connectivity index (χ4v) is 4.35. The van der Waals surface area contributed by atoms with Crippen LogP contribution in [0.1, 0.15) is 41.6 Å². The molecule has 0 saturated carbocycles. The Labute approximate surface area is 175 Å². The predicted octanol–water partition coefficient (Wildman–Crippen LogP) is 4.96. The standard InChI is InChI=1S/C18H22ClN3OS.2ClH/c1-11(20)15-5-3-4-10-22(15)18(23)16-12(2)21-17(24-16)13-6-8-14(19)9-7-13;;/h6-9,11,15H,3-5,10,20H2,1-2H3;2*1H. The lowest BCUT2D eigenvalue weighted by molar-refractivity contribution is 0.0588. The fourth-order valence-electron chi connectivity index (χ4n) is 3.20. The molecular weight excluding hydrogens is 413 g/mol. The third-order valence-corrected chi connectivity index (χ3v) is 5.95. The van der Waals surface area contributed by atoms with Crippen LogP contribution in [0.5, 0.6) is 0 Å². The lowest BCUT2D eigenvalue weighted by atomic mass is 9.96. The number of likely N-dealkylation sites (tertiary alicyclic amines) is 1. The molecule has 3 rings (SSSR count). The number of aryl methyl sites for hydroxylation is 1. The molecule has 2 heterocycles. The van der Waals surface area contributed by atoms with Crippen molar-refractivity contribution in [2.45, 2.75) is 45.2 Å². The van der Waals surface area contributed by atoms with Crippen LogP contribution in [0.3, 0.4) is 0 Å². The van der Waals surface area contributed by atoms with Gasteiger partial charge in [0.25, 0.3) is 5.91 Å². The third-order valence-electron chi connectivity index (χ3n) is 4.50. The van der Waals surface area contributed by atoms with Gasteiger partial charge in [-0.05, 0) is 45.2 Å². The number of amides is 1. The van der Waals surface area contributed by atoms with E-state index < -0.39 is 0 Å². The summed E-state index contributed by atoms with van der Waals surface area (Å²) in [5.41, 5.74) is 7.87. The van der Waals surface area contributed by atoms with Gasteiger partial charge in [0.1, 0.15) is 9.88 Å². The number of carbonyl (C=O) groups is 1. The predicted molar refractivity (Wildman–Crippen MR) is 114 cm³/mol. The zero-order valence-corrected chi connectivity index (χ0v) is 18.0. The van der Waals surface area contributed by atoms with Crippen molar-refractivity contribution >= 4 is 53.7 Å². The fraction of sp³-hybridized carbons (Fsp3) is 0.444. The maximum absolute atomic E-state index is 13.1. The summed E-state index contributed by atoms with van der Waals surface area (Å²) in [6.45, 7) is 4.65. The molecule has 0 bridgehead atoms. The number of hydrogen-bond acceptors (Lipinski definition) is 4. The lowest BCUT2D eigenvalue weighted by Crippen LogP contribution is -2.51. The van der Waals surface area contributed by atoms with Crippen molar-refractivity contribution in [2.24, 2.45) is 5.73 Å². The van der Waals surface area contributed by atoms with Crippen molar-refractivity contribution < 1.29 is 4.79 Å². The number of halogens is 3. The molecule has 2 aromatic rings. The molecule has 1 amide bonds. The Kier molecular flexibility index (Phi) is 8.83. The van der Waals surface area contributed by atoms with Crippen molar-refractivity contribution in [2.75, 3.05) is 6.54 Å². The summed E-state index contributed by atoms with van der Waals surface area (Å²) >= 11 is 7.39. The molecule has 1 aliphatic rings. The van der Waals surface area contributed by atoms with Gasteiger partial charge in [0.15, 0.2) is 0 Å². The number of aromatic nitrogens is 1. The van der Waals surface area contributed by atoms with Gasteiger partial charge in [-0.2, -0.15) is 0 Å². The number of thiazole rings is 1. The smallest absolute Gasteiger partial charge is 0.266 e. The average molecular weight is 437 g/mol. The minimum absolute atomic E-state index is 0. The van der Waals surface area contributed by atoms with Crippen LogP contribution >= 0.6 is 47.8 Å². The largest absolute Gasteiger partial charge is 0.333 e. The zero-order valence-electron chi connectivity index (χ0n) is 14.8. The summed E-state index contributed by atoms with van der Waals surface area (Å²) in [4.78, 5) is 20.3. The van der Waals surface area contributed by atoms with Gasteiger partial charge in [-0.1, -0.05) is 23.7 Å². The Bertz CT molecular complexity index is 734. The minimum atomic E-state index is -0.0155. The van der Waals surface area contributed by atoms with E-state index in [0.717, 1.165) is 42.1 Å². The highest BCUT2D eigenvalue weighted by molar-refractivity contribution is 7.17. The molecule has 4 nitrogen and oxygen atoms in total. The molecule has 26 heavy (non-hydrogen) atoms. The first kappa shape index (κ1) is 23.2. The first-order valence-corrected chi connectivity index (χ1v) is 9.46. The van der Waals surface area contributed by atoms with Crippen LogP contribution in [0.2, 0.25) is 5.02 Å². The van der Waals surface area contributed by atoms with E-state index in [2.05, 4.69) is 4.98 Å². The molecule has 2 unspecified atom stereocenters. The number of nitrogens with zero attached hydrogens (tertiary/aromatic N) is 2. The Hall–Kier alpha value is -0.850. The molecule has 2 atom stereocenters. The summed E-state index contributed by atoms with van der Waals surface area (Å²) in [6, 6.07) is 7.64. The van der Waals surface area contributed by atoms with E-state index in [1.54, 1.807) is 0 Å². The summed E-state index contributed by atoms with van der Waals surface area (Å²) in [7, 11) is 0. The first-order valence-electron chi connectivity index (χ1n) is 8.27. The van der Waals surface area contributed by atoms with Crippen LogP contribution in [0.15, 0.2) is 24.3 Å². The second kappa shape index (κ2) is 9.90. The number of nitrogens with two attached hydrogens (primary N) is 1. The number of benzene rings is 1. The summed E-state index contributed by atoms with van der Waals surface area (Å²) in [6.07, 6.45) is 3.15. The summed E-state index contributed by atoms with van der Waals surface area (Å²) in [5.74, 6) is 0.0622. The van der Waals surface area contributed by atoms with Gasteiger partial charge < -0.3 is 10.6 Å². The highest BCUT2D eigenvalue weighted by atomic mass is 35.5. The van der Waals surface area contributed by atoms with E-state index >= 15 is 0 Å². The molecule has 1 saturated heterocycles. The molecule has 1 aromatic heterocycles. The van der Waals surface area contributed by atoms with Crippen molar-refractivity contribution in [3.8, 4) is 10.6 Å². The monoisotopic (exact) mass is 435 g/mol. The quantitative estimate of drug-likeness (QED) is 0.740. The second-order valence-electron chi connectivity index (χ2n) is 6.36. The van der Waals surface area contributed by atoms with Crippen LogP contribution in [-0.4, -0.2) is 34.4 Å². The number of piperidine rings is 1. The van der Waals surface area contributed by atoms with Crippen LogP contribution in [0, 0.1) is 6.92 Å². The van der Waals surface area contributed by atoms with Crippen LogP contribution < -0.4 is 5.73 Å². The zero-order chi connectivity index (χ0) is 17.3. The maximum Gasteiger partial charge on any atom is 0.266 e. The Morgan fingerprint density at radius 2 is 1.96 bits per heavy atom. The van der Waals surface area contributed by atoms with Crippen molar-refractivity contribution in [1.82, 2.24) is 9.88 Å². The molecule has 1 aromatic carbocycles. The summed E-state index contributed by atoms with van der Waals surface area (Å²) in [5, 5.41) is 1.54. The number of hydrogen-bond donors (Lipinski definition) is 1. The molecule has 144 valence electrons. The van der Waals surface area contributed by atoms with E-state index in [4.69, 9.17) is 17.3 Å². The van der Waals surface area contributed by atoms with E-state index in [-0.39, 0.29) is 42.8 Å². The van der Waals surface area contributed by atoms with E-state index in [9.17, 15) is 4.79 Å². The van der Waals surface area contributed by atoms with Gasteiger partial charge >= 0.3 is 0 Å². The third kappa shape index (κ3) is 4.90. The highest BCUT2D eigenvalue weighted by Gasteiger charge is 2.31. The SMILES string of the molecule is Cc1nc(-c2ccc(Cl)cc2)sc1C(=O)N1CCCCC1C(C)N.Cl.Cl. The Balaban J connectivity index is 0.00000169. The van der Waals surface area contributed by atoms with Gasteiger partial charge in [0.05, 0.1) is 5.69 Å². The van der Waals surface area contributed by atoms with Crippen LogP contribution in [-0.2, 0) is 0 Å². The van der Waals surface area contributed by atoms with Crippen molar-refractivity contribution in [3.05, 3.63) is 39.9 Å².